The molecule has 0 aliphatic heterocycles. The number of hydrogen-bond donors (Lipinski definition) is 2. The van der Waals surface area contributed by atoms with Crippen LogP contribution in [0.15, 0.2) is 77.9 Å². The van der Waals surface area contributed by atoms with Crippen LogP contribution >= 0.6 is 0 Å². The second-order valence-electron chi connectivity index (χ2n) is 6.83. The molecule has 0 spiro atoms. The lowest BCUT2D eigenvalue weighted by molar-refractivity contribution is -0.120. The molecular formula is C24H22FN3O3. The number of benzene rings is 3. The van der Waals surface area contributed by atoms with Gasteiger partial charge in [-0.15, -0.1) is 0 Å². The van der Waals surface area contributed by atoms with E-state index < -0.39 is 5.91 Å². The first-order valence-corrected chi connectivity index (χ1v) is 9.64. The third kappa shape index (κ3) is 7.08. The van der Waals surface area contributed by atoms with Crippen LogP contribution in [0.25, 0.3) is 0 Å². The van der Waals surface area contributed by atoms with Crippen molar-refractivity contribution in [3.8, 4) is 5.75 Å². The quantitative estimate of drug-likeness (QED) is 0.433. The van der Waals surface area contributed by atoms with Crippen LogP contribution in [0, 0.1) is 12.7 Å². The Balaban J connectivity index is 1.40. The number of hydrazone groups is 1. The van der Waals surface area contributed by atoms with E-state index in [0.717, 1.165) is 16.7 Å². The summed E-state index contributed by atoms with van der Waals surface area (Å²) in [5.74, 6) is -0.385. The van der Waals surface area contributed by atoms with Gasteiger partial charge >= 0.3 is 0 Å². The van der Waals surface area contributed by atoms with Crippen LogP contribution in [0.1, 0.15) is 27.0 Å². The zero-order chi connectivity index (χ0) is 22.1. The van der Waals surface area contributed by atoms with Crippen molar-refractivity contribution in [1.29, 1.82) is 0 Å². The van der Waals surface area contributed by atoms with E-state index in [1.807, 2.05) is 19.1 Å². The third-order valence-electron chi connectivity index (χ3n) is 4.32. The molecule has 3 aromatic rings. The lowest BCUT2D eigenvalue weighted by Crippen LogP contribution is -2.34. The number of amides is 2. The molecule has 6 nitrogen and oxygen atoms in total. The summed E-state index contributed by atoms with van der Waals surface area (Å²) in [5, 5.41) is 6.43. The SMILES string of the molecule is Cc1ccc(C(=O)NCC(=O)NN=Cc2ccc(OCc3ccc(F)cc3)cc2)cc1. The normalized spacial score (nSPS) is 10.6. The topological polar surface area (TPSA) is 79.8 Å². The van der Waals surface area contributed by atoms with Gasteiger partial charge in [-0.25, -0.2) is 9.82 Å². The summed E-state index contributed by atoms with van der Waals surface area (Å²) in [6.07, 6.45) is 1.49. The number of ether oxygens (including phenoxy) is 1. The second-order valence-corrected chi connectivity index (χ2v) is 6.83. The van der Waals surface area contributed by atoms with Crippen LogP contribution in [0.2, 0.25) is 0 Å². The maximum atomic E-state index is 12.9. The van der Waals surface area contributed by atoms with Crippen molar-refractivity contribution in [2.75, 3.05) is 6.54 Å². The average Bonchev–Trinajstić information content (AvgIpc) is 2.78. The molecule has 3 aromatic carbocycles. The van der Waals surface area contributed by atoms with Gasteiger partial charge in [0, 0.05) is 5.56 Å². The van der Waals surface area contributed by atoms with Crippen molar-refractivity contribution in [1.82, 2.24) is 10.7 Å². The zero-order valence-corrected chi connectivity index (χ0v) is 17.0. The summed E-state index contributed by atoms with van der Waals surface area (Å²) in [6.45, 7) is 2.08. The highest BCUT2D eigenvalue weighted by Gasteiger charge is 2.07. The monoisotopic (exact) mass is 419 g/mol. The van der Waals surface area contributed by atoms with Gasteiger partial charge in [0.2, 0.25) is 0 Å². The number of rotatable bonds is 8. The number of hydrogen-bond acceptors (Lipinski definition) is 4. The Labute approximate surface area is 179 Å². The molecule has 0 aliphatic rings. The lowest BCUT2D eigenvalue weighted by atomic mass is 10.1. The summed E-state index contributed by atoms with van der Waals surface area (Å²) in [4.78, 5) is 23.8. The van der Waals surface area contributed by atoms with E-state index >= 15 is 0 Å². The number of nitrogens with zero attached hydrogens (tertiary/aromatic N) is 1. The molecule has 0 aliphatic carbocycles. The predicted molar refractivity (Wildman–Crippen MR) is 116 cm³/mol. The van der Waals surface area contributed by atoms with Crippen molar-refractivity contribution in [3.05, 3.63) is 101 Å². The van der Waals surface area contributed by atoms with Crippen molar-refractivity contribution >= 4 is 18.0 Å². The molecule has 0 saturated carbocycles. The van der Waals surface area contributed by atoms with E-state index in [1.165, 1.54) is 18.3 Å². The van der Waals surface area contributed by atoms with Crippen LogP contribution in [0.4, 0.5) is 4.39 Å². The van der Waals surface area contributed by atoms with E-state index in [2.05, 4.69) is 15.8 Å². The first-order valence-electron chi connectivity index (χ1n) is 9.64. The average molecular weight is 419 g/mol. The standard InChI is InChI=1S/C24H22FN3O3/c1-17-2-8-20(9-3-17)24(30)26-15-23(29)28-27-14-18-6-12-22(13-7-18)31-16-19-4-10-21(25)11-5-19/h2-14H,15-16H2,1H3,(H,26,30)(H,28,29). The fourth-order valence-corrected chi connectivity index (χ4v) is 2.58. The molecule has 0 bridgehead atoms. The molecule has 31 heavy (non-hydrogen) atoms. The fraction of sp³-hybridized carbons (Fsp3) is 0.125. The van der Waals surface area contributed by atoms with Gasteiger partial charge in [-0.05, 0) is 66.6 Å². The molecule has 0 heterocycles. The minimum absolute atomic E-state index is 0.180. The highest BCUT2D eigenvalue weighted by Crippen LogP contribution is 2.14. The van der Waals surface area contributed by atoms with Gasteiger partial charge in [0.05, 0.1) is 12.8 Å². The van der Waals surface area contributed by atoms with Gasteiger partial charge in [0.15, 0.2) is 0 Å². The molecule has 0 radical (unpaired) electrons. The van der Waals surface area contributed by atoms with Gasteiger partial charge in [-0.2, -0.15) is 5.10 Å². The molecule has 0 unspecified atom stereocenters. The van der Waals surface area contributed by atoms with Crippen molar-refractivity contribution in [3.63, 3.8) is 0 Å². The number of nitrogens with one attached hydrogen (secondary N) is 2. The zero-order valence-electron chi connectivity index (χ0n) is 17.0. The Morgan fingerprint density at radius 2 is 1.65 bits per heavy atom. The van der Waals surface area contributed by atoms with E-state index in [9.17, 15) is 14.0 Å². The number of halogens is 1. The summed E-state index contributed by atoms with van der Waals surface area (Å²) in [7, 11) is 0. The molecule has 0 saturated heterocycles. The Bertz CT molecular complexity index is 1050. The summed E-state index contributed by atoms with van der Waals surface area (Å²) >= 11 is 0. The fourth-order valence-electron chi connectivity index (χ4n) is 2.58. The smallest absolute Gasteiger partial charge is 0.259 e. The molecular weight excluding hydrogens is 397 g/mol. The highest BCUT2D eigenvalue weighted by molar-refractivity contribution is 5.96. The third-order valence-corrected chi connectivity index (χ3v) is 4.32. The predicted octanol–water partition coefficient (Wildman–Crippen LogP) is 3.59. The molecule has 2 amide bonds. The maximum Gasteiger partial charge on any atom is 0.259 e. The van der Waals surface area contributed by atoms with Gasteiger partial charge in [0.25, 0.3) is 11.8 Å². The molecule has 0 aromatic heterocycles. The first-order chi connectivity index (χ1) is 15.0. The Kier molecular flexibility index (Phi) is 7.48. The number of carbonyl (C=O) groups excluding carboxylic acids is 2. The molecule has 7 heteroatoms. The van der Waals surface area contributed by atoms with Crippen LogP contribution in [-0.2, 0) is 11.4 Å². The Morgan fingerprint density at radius 1 is 0.968 bits per heavy atom. The van der Waals surface area contributed by atoms with Crippen LogP contribution in [0.5, 0.6) is 5.75 Å². The highest BCUT2D eigenvalue weighted by atomic mass is 19.1. The molecule has 0 atom stereocenters. The summed E-state index contributed by atoms with van der Waals surface area (Å²) < 4.78 is 18.6. The van der Waals surface area contributed by atoms with Crippen LogP contribution in [-0.4, -0.2) is 24.6 Å². The Hall–Kier alpha value is -4.00. The molecule has 0 fully saturated rings. The van der Waals surface area contributed by atoms with Gasteiger partial charge < -0.3 is 10.1 Å². The van der Waals surface area contributed by atoms with Crippen molar-refractivity contribution in [2.24, 2.45) is 5.10 Å². The van der Waals surface area contributed by atoms with Gasteiger partial charge in [-0.1, -0.05) is 29.8 Å². The van der Waals surface area contributed by atoms with Crippen LogP contribution in [0.3, 0.4) is 0 Å². The van der Waals surface area contributed by atoms with Crippen molar-refractivity contribution in [2.45, 2.75) is 13.5 Å². The van der Waals surface area contributed by atoms with Crippen molar-refractivity contribution < 1.29 is 18.7 Å². The van der Waals surface area contributed by atoms with Gasteiger partial charge in [0.1, 0.15) is 18.2 Å². The van der Waals surface area contributed by atoms with Gasteiger partial charge in [-0.3, -0.25) is 9.59 Å². The molecule has 158 valence electrons. The summed E-state index contributed by atoms with van der Waals surface area (Å²) in [6, 6.07) is 20.3. The largest absolute Gasteiger partial charge is 0.489 e. The molecule has 3 rings (SSSR count). The lowest BCUT2D eigenvalue weighted by Gasteiger charge is -2.06. The van der Waals surface area contributed by atoms with Crippen LogP contribution < -0.4 is 15.5 Å². The second kappa shape index (κ2) is 10.7. The number of aryl methyl sites for hydroxylation is 1. The summed E-state index contributed by atoms with van der Waals surface area (Å²) in [5.41, 5.74) is 5.54. The van der Waals surface area contributed by atoms with E-state index in [4.69, 9.17) is 4.74 Å². The first kappa shape index (κ1) is 21.7. The number of carbonyl (C=O) groups is 2. The Morgan fingerprint density at radius 3 is 2.32 bits per heavy atom. The molecule has 2 N–H and O–H groups in total. The minimum atomic E-state index is -0.434. The minimum Gasteiger partial charge on any atom is -0.489 e. The van der Waals surface area contributed by atoms with E-state index in [1.54, 1.807) is 48.5 Å². The van der Waals surface area contributed by atoms with E-state index in [0.29, 0.717) is 17.9 Å². The maximum absolute atomic E-state index is 12.9. The van der Waals surface area contributed by atoms with E-state index in [-0.39, 0.29) is 18.3 Å².